The number of benzene rings is 1. The summed E-state index contributed by atoms with van der Waals surface area (Å²) in [5.41, 5.74) is 4.08. The van der Waals surface area contributed by atoms with Crippen LogP contribution in [0.3, 0.4) is 0 Å². The van der Waals surface area contributed by atoms with Crippen molar-refractivity contribution in [1.82, 2.24) is 5.32 Å². The van der Waals surface area contributed by atoms with Crippen molar-refractivity contribution < 1.29 is 24.2 Å². The molecule has 2 rings (SSSR count). The fourth-order valence-electron chi connectivity index (χ4n) is 1.99. The number of amides is 2. The van der Waals surface area contributed by atoms with Crippen molar-refractivity contribution in [2.45, 2.75) is 12.0 Å². The zero-order valence-corrected chi connectivity index (χ0v) is 10.6. The van der Waals surface area contributed by atoms with E-state index in [-0.39, 0.29) is 30.8 Å². The summed E-state index contributed by atoms with van der Waals surface area (Å²) in [7, 11) is 0. The van der Waals surface area contributed by atoms with E-state index in [1.54, 1.807) is 0 Å². The number of hydrogen-bond donors (Lipinski definition) is 3. The third kappa shape index (κ3) is 2.62. The lowest BCUT2D eigenvalue weighted by Crippen LogP contribution is -2.55. The molecule has 1 atom stereocenters. The summed E-state index contributed by atoms with van der Waals surface area (Å²) >= 11 is 0. The van der Waals surface area contributed by atoms with Crippen LogP contribution in [-0.4, -0.2) is 41.6 Å². The number of primary amides is 1. The summed E-state index contributed by atoms with van der Waals surface area (Å²) in [5.74, 6) is -2.38. The second-order valence-electron chi connectivity index (χ2n) is 4.59. The van der Waals surface area contributed by atoms with Crippen LogP contribution in [0.15, 0.2) is 24.3 Å². The molecule has 2 amide bonds. The Bertz CT molecular complexity index is 564. The quantitative estimate of drug-likeness (QED) is 0.702. The minimum atomic E-state index is -1.42. The van der Waals surface area contributed by atoms with E-state index in [2.05, 4.69) is 5.32 Å². The maximum absolute atomic E-state index is 12.1. The SMILES string of the molecule is NC(=O)c1cccc(C(=O)NC2(C(=O)O)CCOC2)c1. The second-order valence-corrected chi connectivity index (χ2v) is 4.59. The van der Waals surface area contributed by atoms with Crippen LogP contribution in [0.2, 0.25) is 0 Å². The largest absolute Gasteiger partial charge is 0.479 e. The van der Waals surface area contributed by atoms with Crippen molar-refractivity contribution in [2.24, 2.45) is 5.73 Å². The molecule has 20 heavy (non-hydrogen) atoms. The van der Waals surface area contributed by atoms with Gasteiger partial charge >= 0.3 is 5.97 Å². The van der Waals surface area contributed by atoms with Crippen LogP contribution >= 0.6 is 0 Å². The molecule has 1 heterocycles. The first-order valence-corrected chi connectivity index (χ1v) is 5.98. The van der Waals surface area contributed by atoms with E-state index >= 15 is 0 Å². The molecule has 0 radical (unpaired) electrons. The van der Waals surface area contributed by atoms with Gasteiger partial charge in [0.1, 0.15) is 0 Å². The molecule has 1 aromatic carbocycles. The summed E-state index contributed by atoms with van der Waals surface area (Å²) in [5, 5.41) is 11.7. The van der Waals surface area contributed by atoms with Gasteiger partial charge in [-0.05, 0) is 18.2 Å². The van der Waals surface area contributed by atoms with Crippen molar-refractivity contribution in [2.75, 3.05) is 13.2 Å². The average molecular weight is 278 g/mol. The fraction of sp³-hybridized carbons (Fsp3) is 0.308. The standard InChI is InChI=1S/C13H14N2O5/c14-10(16)8-2-1-3-9(6-8)11(17)15-13(12(18)19)4-5-20-7-13/h1-3,6H,4-5,7H2,(H2,14,16)(H,15,17)(H,18,19). The number of hydrogen-bond acceptors (Lipinski definition) is 4. The van der Waals surface area contributed by atoms with Crippen molar-refractivity contribution in [1.29, 1.82) is 0 Å². The lowest BCUT2D eigenvalue weighted by atomic mass is 9.98. The third-order valence-corrected chi connectivity index (χ3v) is 3.19. The van der Waals surface area contributed by atoms with Gasteiger partial charge < -0.3 is 20.9 Å². The Labute approximate surface area is 114 Å². The number of carbonyl (C=O) groups excluding carboxylic acids is 2. The molecule has 4 N–H and O–H groups in total. The normalized spacial score (nSPS) is 21.4. The molecule has 1 fully saturated rings. The van der Waals surface area contributed by atoms with Crippen LogP contribution < -0.4 is 11.1 Å². The average Bonchev–Trinajstić information content (AvgIpc) is 2.88. The fourth-order valence-corrected chi connectivity index (χ4v) is 1.99. The number of nitrogens with one attached hydrogen (secondary N) is 1. The molecule has 0 saturated carbocycles. The first-order valence-electron chi connectivity index (χ1n) is 5.98. The number of ether oxygens (including phenoxy) is 1. The number of carbonyl (C=O) groups is 3. The number of rotatable bonds is 4. The summed E-state index contributed by atoms with van der Waals surface area (Å²) in [6, 6.07) is 5.79. The van der Waals surface area contributed by atoms with E-state index in [0.717, 1.165) is 0 Å². The van der Waals surface area contributed by atoms with Crippen molar-refractivity contribution in [3.63, 3.8) is 0 Å². The van der Waals surface area contributed by atoms with E-state index in [1.165, 1.54) is 24.3 Å². The van der Waals surface area contributed by atoms with Crippen LogP contribution in [0.4, 0.5) is 0 Å². The number of aliphatic carboxylic acids is 1. The van der Waals surface area contributed by atoms with Crippen LogP contribution in [0.1, 0.15) is 27.1 Å². The van der Waals surface area contributed by atoms with Gasteiger partial charge in [0.15, 0.2) is 5.54 Å². The molecule has 106 valence electrons. The van der Waals surface area contributed by atoms with Gasteiger partial charge in [-0.25, -0.2) is 4.79 Å². The highest BCUT2D eigenvalue weighted by Crippen LogP contribution is 2.20. The van der Waals surface area contributed by atoms with E-state index in [4.69, 9.17) is 10.5 Å². The molecule has 0 spiro atoms. The highest BCUT2D eigenvalue weighted by Gasteiger charge is 2.44. The molecule has 7 nitrogen and oxygen atoms in total. The molecule has 1 aliphatic rings. The number of carboxylic acids is 1. The van der Waals surface area contributed by atoms with Crippen LogP contribution in [0, 0.1) is 0 Å². The minimum Gasteiger partial charge on any atom is -0.479 e. The summed E-state index contributed by atoms with van der Waals surface area (Å²) < 4.78 is 5.05. The van der Waals surface area contributed by atoms with Gasteiger partial charge in [0.05, 0.1) is 6.61 Å². The maximum atomic E-state index is 12.1. The molecule has 1 aliphatic heterocycles. The first kappa shape index (κ1) is 14.0. The topological polar surface area (TPSA) is 119 Å². The predicted octanol–water partition coefficient (Wildman–Crippen LogP) is -0.241. The van der Waals surface area contributed by atoms with Gasteiger partial charge in [0.25, 0.3) is 5.91 Å². The summed E-state index contributed by atoms with van der Waals surface area (Å²) in [6.45, 7) is 0.192. The molecule has 1 aromatic rings. The highest BCUT2D eigenvalue weighted by molar-refractivity contribution is 6.01. The van der Waals surface area contributed by atoms with Crippen molar-refractivity contribution >= 4 is 17.8 Å². The zero-order chi connectivity index (χ0) is 14.8. The minimum absolute atomic E-state index is 0.0798. The van der Waals surface area contributed by atoms with Gasteiger partial charge in [0, 0.05) is 24.2 Å². The third-order valence-electron chi connectivity index (χ3n) is 3.19. The Morgan fingerprint density at radius 1 is 1.30 bits per heavy atom. The van der Waals surface area contributed by atoms with E-state index in [9.17, 15) is 19.5 Å². The predicted molar refractivity (Wildman–Crippen MR) is 68.2 cm³/mol. The van der Waals surface area contributed by atoms with Crippen LogP contribution in [-0.2, 0) is 9.53 Å². The number of nitrogens with two attached hydrogens (primary N) is 1. The first-order chi connectivity index (χ1) is 9.44. The highest BCUT2D eigenvalue weighted by atomic mass is 16.5. The molecule has 0 aromatic heterocycles. The molecule has 0 aliphatic carbocycles. The Kier molecular flexibility index (Phi) is 3.71. The summed E-state index contributed by atoms with van der Waals surface area (Å²) in [4.78, 5) is 34.5. The monoisotopic (exact) mass is 278 g/mol. The molecule has 0 bridgehead atoms. The molecule has 7 heteroatoms. The Morgan fingerprint density at radius 2 is 2.00 bits per heavy atom. The molecule has 1 unspecified atom stereocenters. The van der Waals surface area contributed by atoms with Gasteiger partial charge in [-0.15, -0.1) is 0 Å². The maximum Gasteiger partial charge on any atom is 0.331 e. The zero-order valence-electron chi connectivity index (χ0n) is 10.6. The Morgan fingerprint density at radius 3 is 2.55 bits per heavy atom. The van der Waals surface area contributed by atoms with Crippen molar-refractivity contribution in [3.8, 4) is 0 Å². The van der Waals surface area contributed by atoms with Gasteiger partial charge in [-0.2, -0.15) is 0 Å². The van der Waals surface area contributed by atoms with E-state index < -0.39 is 23.3 Å². The summed E-state index contributed by atoms with van der Waals surface area (Å²) in [6.07, 6.45) is 0.198. The van der Waals surface area contributed by atoms with Gasteiger partial charge in [0.2, 0.25) is 5.91 Å². The van der Waals surface area contributed by atoms with E-state index in [1.807, 2.05) is 0 Å². The Balaban J connectivity index is 2.21. The number of carboxylic acid groups (broad SMARTS) is 1. The van der Waals surface area contributed by atoms with Crippen LogP contribution in [0.5, 0.6) is 0 Å². The van der Waals surface area contributed by atoms with Crippen molar-refractivity contribution in [3.05, 3.63) is 35.4 Å². The van der Waals surface area contributed by atoms with Gasteiger partial charge in [-0.3, -0.25) is 9.59 Å². The smallest absolute Gasteiger partial charge is 0.331 e. The Hall–Kier alpha value is -2.41. The molecule has 1 saturated heterocycles. The second kappa shape index (κ2) is 5.30. The van der Waals surface area contributed by atoms with Crippen LogP contribution in [0.25, 0.3) is 0 Å². The molecular formula is C13H14N2O5. The molecular weight excluding hydrogens is 264 g/mol. The lowest BCUT2D eigenvalue weighted by Gasteiger charge is -2.23. The lowest BCUT2D eigenvalue weighted by molar-refractivity contribution is -0.144. The van der Waals surface area contributed by atoms with E-state index in [0.29, 0.717) is 0 Å². The van der Waals surface area contributed by atoms with Gasteiger partial charge in [-0.1, -0.05) is 6.07 Å².